The number of benzene rings is 1. The number of aliphatic hydroxyl groups is 1. The van der Waals surface area contributed by atoms with Crippen LogP contribution in [0.4, 0.5) is 0 Å². The molecule has 4 nitrogen and oxygen atoms in total. The van der Waals surface area contributed by atoms with Crippen LogP contribution in [0, 0.1) is 17.8 Å². The lowest BCUT2D eigenvalue weighted by molar-refractivity contribution is 0.0613. The summed E-state index contributed by atoms with van der Waals surface area (Å²) >= 11 is 0. The molecule has 1 aliphatic rings. The fourth-order valence-corrected chi connectivity index (χ4v) is 2.59. The third kappa shape index (κ3) is 4.32. The van der Waals surface area contributed by atoms with E-state index in [-0.39, 0.29) is 12.5 Å². The van der Waals surface area contributed by atoms with Crippen molar-refractivity contribution >= 4 is 5.91 Å². The lowest BCUT2D eigenvalue weighted by Gasteiger charge is -2.31. The van der Waals surface area contributed by atoms with Crippen LogP contribution in [0.1, 0.15) is 28.8 Å². The number of ether oxygens (including phenoxy) is 1. The van der Waals surface area contributed by atoms with Crippen LogP contribution in [0.5, 0.6) is 0 Å². The molecule has 0 radical (unpaired) electrons. The maximum Gasteiger partial charge on any atom is 0.253 e. The van der Waals surface area contributed by atoms with Crippen molar-refractivity contribution in [2.24, 2.45) is 5.92 Å². The van der Waals surface area contributed by atoms with E-state index in [1.54, 1.807) is 13.2 Å². The molecule has 0 atom stereocenters. The topological polar surface area (TPSA) is 49.8 Å². The van der Waals surface area contributed by atoms with Crippen LogP contribution < -0.4 is 0 Å². The first-order valence-electron chi connectivity index (χ1n) is 7.22. The zero-order chi connectivity index (χ0) is 15.1. The van der Waals surface area contributed by atoms with Crippen LogP contribution in [-0.2, 0) is 4.74 Å². The highest BCUT2D eigenvalue weighted by molar-refractivity contribution is 5.94. The molecule has 1 aliphatic heterocycles. The number of nitrogens with zero attached hydrogens (tertiary/aromatic N) is 1. The normalized spacial score (nSPS) is 15.4. The maximum atomic E-state index is 12.5. The summed E-state index contributed by atoms with van der Waals surface area (Å²) in [6.45, 7) is 2.15. The molecular formula is C17H21NO3. The molecule has 1 aromatic rings. The Balaban J connectivity index is 2.00. The van der Waals surface area contributed by atoms with Crippen molar-refractivity contribution in [3.05, 3.63) is 35.4 Å². The number of amides is 1. The smallest absolute Gasteiger partial charge is 0.253 e. The molecule has 0 unspecified atom stereocenters. The first-order valence-corrected chi connectivity index (χ1v) is 7.22. The largest absolute Gasteiger partial charge is 0.384 e. The number of likely N-dealkylation sites (tertiary alicyclic amines) is 1. The summed E-state index contributed by atoms with van der Waals surface area (Å²) in [5, 5.41) is 8.72. The molecule has 0 spiro atoms. The van der Waals surface area contributed by atoms with Crippen LogP contribution in [-0.4, -0.2) is 49.3 Å². The number of carbonyl (C=O) groups is 1. The van der Waals surface area contributed by atoms with E-state index < -0.39 is 0 Å². The Labute approximate surface area is 125 Å². The Bertz CT molecular complexity index is 536. The number of hydrogen-bond acceptors (Lipinski definition) is 3. The van der Waals surface area contributed by atoms with Gasteiger partial charge in [-0.1, -0.05) is 17.9 Å². The predicted molar refractivity (Wildman–Crippen MR) is 80.9 cm³/mol. The predicted octanol–water partition coefficient (Wildman–Crippen LogP) is 1.53. The Morgan fingerprint density at radius 1 is 1.43 bits per heavy atom. The van der Waals surface area contributed by atoms with Crippen molar-refractivity contribution in [1.29, 1.82) is 0 Å². The van der Waals surface area contributed by atoms with E-state index in [0.29, 0.717) is 11.5 Å². The molecule has 0 saturated carbocycles. The van der Waals surface area contributed by atoms with Gasteiger partial charge in [0.2, 0.25) is 0 Å². The van der Waals surface area contributed by atoms with Crippen molar-refractivity contribution in [2.45, 2.75) is 12.8 Å². The minimum absolute atomic E-state index is 0.0542. The summed E-state index contributed by atoms with van der Waals surface area (Å²) in [5.74, 6) is 6.04. The van der Waals surface area contributed by atoms with Gasteiger partial charge in [0, 0.05) is 37.9 Å². The lowest BCUT2D eigenvalue weighted by atomic mass is 9.97. The van der Waals surface area contributed by atoms with Gasteiger partial charge in [-0.05, 0) is 37.0 Å². The molecule has 1 N–H and O–H groups in total. The summed E-state index contributed by atoms with van der Waals surface area (Å²) in [7, 11) is 1.72. The Hall–Kier alpha value is -1.83. The van der Waals surface area contributed by atoms with Gasteiger partial charge in [0.1, 0.15) is 6.61 Å². The molecule has 1 heterocycles. The monoisotopic (exact) mass is 287 g/mol. The number of piperidine rings is 1. The Morgan fingerprint density at radius 2 is 2.19 bits per heavy atom. The molecule has 0 aromatic heterocycles. The van der Waals surface area contributed by atoms with E-state index in [9.17, 15) is 4.79 Å². The molecule has 1 saturated heterocycles. The van der Waals surface area contributed by atoms with Gasteiger partial charge in [-0.15, -0.1) is 0 Å². The molecule has 0 aliphatic carbocycles. The zero-order valence-electron chi connectivity index (χ0n) is 12.3. The van der Waals surface area contributed by atoms with Crippen LogP contribution in [0.2, 0.25) is 0 Å². The molecule has 4 heteroatoms. The lowest BCUT2D eigenvalue weighted by Crippen LogP contribution is -2.39. The highest BCUT2D eigenvalue weighted by Crippen LogP contribution is 2.19. The van der Waals surface area contributed by atoms with E-state index in [0.717, 1.165) is 38.1 Å². The molecule has 0 bridgehead atoms. The Morgan fingerprint density at radius 3 is 2.86 bits per heavy atom. The molecule has 1 aromatic carbocycles. The standard InChI is InChI=1S/C17H21NO3/c1-21-13-15-7-9-18(10-8-15)17(20)16-6-2-4-14(12-16)5-3-11-19/h2,4,6,12,15,19H,7-11,13H2,1H3. The second-order valence-corrected chi connectivity index (χ2v) is 5.23. The first-order chi connectivity index (χ1) is 10.2. The summed E-state index contributed by atoms with van der Waals surface area (Å²) in [6.07, 6.45) is 1.98. The minimum atomic E-state index is -0.175. The highest BCUT2D eigenvalue weighted by atomic mass is 16.5. The van der Waals surface area contributed by atoms with E-state index in [1.165, 1.54) is 0 Å². The average Bonchev–Trinajstić information content (AvgIpc) is 2.53. The number of rotatable bonds is 3. The molecule has 1 fully saturated rings. The van der Waals surface area contributed by atoms with Crippen molar-refractivity contribution in [2.75, 3.05) is 33.4 Å². The second-order valence-electron chi connectivity index (χ2n) is 5.23. The molecular weight excluding hydrogens is 266 g/mol. The average molecular weight is 287 g/mol. The fourth-order valence-electron chi connectivity index (χ4n) is 2.59. The quantitative estimate of drug-likeness (QED) is 0.858. The van der Waals surface area contributed by atoms with Gasteiger partial charge in [0.05, 0.1) is 0 Å². The summed E-state index contributed by atoms with van der Waals surface area (Å²) in [6, 6.07) is 7.26. The van der Waals surface area contributed by atoms with Crippen LogP contribution in [0.15, 0.2) is 24.3 Å². The molecule has 112 valence electrons. The minimum Gasteiger partial charge on any atom is -0.384 e. The second kappa shape index (κ2) is 7.82. The van der Waals surface area contributed by atoms with Gasteiger partial charge >= 0.3 is 0 Å². The number of methoxy groups -OCH3 is 1. The van der Waals surface area contributed by atoms with Gasteiger partial charge in [0.25, 0.3) is 5.91 Å². The fraction of sp³-hybridized carbons (Fsp3) is 0.471. The van der Waals surface area contributed by atoms with E-state index >= 15 is 0 Å². The van der Waals surface area contributed by atoms with Gasteiger partial charge < -0.3 is 14.7 Å². The molecule has 1 amide bonds. The Kier molecular flexibility index (Phi) is 5.79. The number of aliphatic hydroxyl groups excluding tert-OH is 1. The van der Waals surface area contributed by atoms with Crippen LogP contribution >= 0.6 is 0 Å². The molecule has 21 heavy (non-hydrogen) atoms. The first kappa shape index (κ1) is 15.6. The maximum absolute atomic E-state index is 12.5. The zero-order valence-corrected chi connectivity index (χ0v) is 12.3. The summed E-state index contributed by atoms with van der Waals surface area (Å²) in [4.78, 5) is 14.4. The van der Waals surface area contributed by atoms with Crippen molar-refractivity contribution in [3.63, 3.8) is 0 Å². The third-order valence-electron chi connectivity index (χ3n) is 3.73. The summed E-state index contributed by atoms with van der Waals surface area (Å²) in [5.41, 5.74) is 1.41. The number of carbonyl (C=O) groups excluding carboxylic acids is 1. The van der Waals surface area contributed by atoms with Gasteiger partial charge in [-0.3, -0.25) is 4.79 Å². The van der Waals surface area contributed by atoms with Crippen molar-refractivity contribution in [1.82, 2.24) is 4.90 Å². The summed E-state index contributed by atoms with van der Waals surface area (Å²) < 4.78 is 5.18. The van der Waals surface area contributed by atoms with Gasteiger partial charge in [0.15, 0.2) is 0 Å². The van der Waals surface area contributed by atoms with Crippen LogP contribution in [0.3, 0.4) is 0 Å². The SMILES string of the molecule is COCC1CCN(C(=O)c2cccc(C#CCO)c2)CC1. The van der Waals surface area contributed by atoms with Crippen LogP contribution in [0.25, 0.3) is 0 Å². The number of hydrogen-bond donors (Lipinski definition) is 1. The van der Waals surface area contributed by atoms with Crippen molar-refractivity contribution in [3.8, 4) is 11.8 Å². The van der Waals surface area contributed by atoms with E-state index in [4.69, 9.17) is 9.84 Å². The third-order valence-corrected chi connectivity index (χ3v) is 3.73. The van der Waals surface area contributed by atoms with E-state index in [2.05, 4.69) is 11.8 Å². The molecule has 2 rings (SSSR count). The van der Waals surface area contributed by atoms with Gasteiger partial charge in [-0.25, -0.2) is 0 Å². The van der Waals surface area contributed by atoms with E-state index in [1.807, 2.05) is 23.1 Å². The van der Waals surface area contributed by atoms with Gasteiger partial charge in [-0.2, -0.15) is 0 Å². The van der Waals surface area contributed by atoms with Crippen molar-refractivity contribution < 1.29 is 14.6 Å². The highest BCUT2D eigenvalue weighted by Gasteiger charge is 2.23.